The van der Waals surface area contributed by atoms with E-state index >= 15 is 0 Å². The average Bonchev–Trinajstić information content (AvgIpc) is 2.42. The monoisotopic (exact) mass is 256 g/mol. The van der Waals surface area contributed by atoms with Crippen molar-refractivity contribution in [2.75, 3.05) is 6.61 Å². The van der Waals surface area contributed by atoms with Gasteiger partial charge >= 0.3 is 0 Å². The van der Waals surface area contributed by atoms with Crippen LogP contribution in [0.1, 0.15) is 28.7 Å². The van der Waals surface area contributed by atoms with Gasteiger partial charge in [-0.05, 0) is 43.7 Å². The molecule has 0 bridgehead atoms. The van der Waals surface area contributed by atoms with Crippen LogP contribution < -0.4 is 4.74 Å². The number of carbonyl (C=O) groups excluding carboxylic acids is 1. The lowest BCUT2D eigenvalue weighted by Crippen LogP contribution is -2.07. The topological polar surface area (TPSA) is 52.1 Å². The van der Waals surface area contributed by atoms with Gasteiger partial charge in [0.1, 0.15) is 11.6 Å². The molecule has 4 nitrogen and oxygen atoms in total. The lowest BCUT2D eigenvalue weighted by Gasteiger charge is -2.08. The molecule has 98 valence electrons. The molecule has 0 atom stereocenters. The van der Waals surface area contributed by atoms with Crippen LogP contribution in [0.3, 0.4) is 0 Å². The Labute approximate surface area is 112 Å². The van der Waals surface area contributed by atoms with Crippen LogP contribution in [-0.2, 0) is 6.42 Å². The zero-order valence-electron chi connectivity index (χ0n) is 11.1. The molecule has 1 aromatic carbocycles. The molecule has 0 amide bonds. The normalized spacial score (nSPS) is 10.2. The molecular formula is C15H16N2O2. The fourth-order valence-electron chi connectivity index (χ4n) is 1.81. The van der Waals surface area contributed by atoms with Crippen LogP contribution in [0.2, 0.25) is 0 Å². The first-order valence-electron chi connectivity index (χ1n) is 6.23. The van der Waals surface area contributed by atoms with Crippen LogP contribution >= 0.6 is 0 Å². The van der Waals surface area contributed by atoms with Crippen LogP contribution in [0.25, 0.3) is 0 Å². The molecule has 1 aromatic heterocycles. The highest BCUT2D eigenvalue weighted by Gasteiger charge is 2.10. The summed E-state index contributed by atoms with van der Waals surface area (Å²) in [5.41, 5.74) is 1.62. The van der Waals surface area contributed by atoms with Gasteiger partial charge in [-0.2, -0.15) is 0 Å². The minimum atomic E-state index is 0.0114. The van der Waals surface area contributed by atoms with Crippen molar-refractivity contribution < 1.29 is 9.53 Å². The largest absolute Gasteiger partial charge is 0.494 e. The second-order valence-electron chi connectivity index (χ2n) is 4.18. The molecule has 0 radical (unpaired) electrons. The third-order valence-corrected chi connectivity index (χ3v) is 2.73. The Morgan fingerprint density at radius 2 is 2.00 bits per heavy atom. The predicted molar refractivity (Wildman–Crippen MR) is 72.4 cm³/mol. The van der Waals surface area contributed by atoms with E-state index in [1.54, 1.807) is 24.5 Å². The quantitative estimate of drug-likeness (QED) is 0.772. The van der Waals surface area contributed by atoms with Gasteiger partial charge in [-0.3, -0.25) is 4.79 Å². The first-order valence-corrected chi connectivity index (χ1v) is 6.23. The number of hydrogen-bond acceptors (Lipinski definition) is 4. The molecule has 0 spiro atoms. The van der Waals surface area contributed by atoms with Crippen LogP contribution in [0.15, 0.2) is 36.7 Å². The summed E-state index contributed by atoms with van der Waals surface area (Å²) < 4.78 is 5.45. The Bertz CT molecular complexity index is 568. The minimum absolute atomic E-state index is 0.0114. The highest BCUT2D eigenvalue weighted by atomic mass is 16.5. The van der Waals surface area contributed by atoms with Gasteiger partial charge < -0.3 is 4.74 Å². The number of carbonyl (C=O) groups is 1. The number of benzene rings is 1. The molecule has 0 saturated heterocycles. The van der Waals surface area contributed by atoms with Crippen molar-refractivity contribution in [2.24, 2.45) is 0 Å². The molecule has 0 aliphatic heterocycles. The van der Waals surface area contributed by atoms with Crippen LogP contribution in [-0.4, -0.2) is 22.4 Å². The van der Waals surface area contributed by atoms with Crippen LogP contribution in [0.4, 0.5) is 0 Å². The van der Waals surface area contributed by atoms with Crippen molar-refractivity contribution in [1.82, 2.24) is 9.97 Å². The van der Waals surface area contributed by atoms with E-state index in [9.17, 15) is 4.79 Å². The first-order chi connectivity index (χ1) is 9.20. The predicted octanol–water partition coefficient (Wildman–Crippen LogP) is 2.61. The third-order valence-electron chi connectivity index (χ3n) is 2.73. The summed E-state index contributed by atoms with van der Waals surface area (Å²) in [4.78, 5) is 20.2. The van der Waals surface area contributed by atoms with Gasteiger partial charge in [0, 0.05) is 18.0 Å². The molecule has 2 rings (SSSR count). The Morgan fingerprint density at radius 3 is 2.63 bits per heavy atom. The summed E-state index contributed by atoms with van der Waals surface area (Å²) in [6.45, 7) is 4.48. The van der Waals surface area contributed by atoms with E-state index in [0.717, 1.165) is 11.3 Å². The van der Waals surface area contributed by atoms with Crippen molar-refractivity contribution in [3.05, 3.63) is 53.6 Å². The number of nitrogens with zero attached hydrogens (tertiary/aromatic N) is 2. The van der Waals surface area contributed by atoms with Crippen molar-refractivity contribution >= 4 is 5.78 Å². The second-order valence-corrected chi connectivity index (χ2v) is 4.18. The molecule has 19 heavy (non-hydrogen) atoms. The lowest BCUT2D eigenvalue weighted by atomic mass is 10.0. The standard InChI is InChI=1S/C15H16N2O2/c1-3-19-14-6-5-12(9-11(14)2)13(18)10-15-16-7-4-8-17-15/h4-9H,3,10H2,1-2H3. The second kappa shape index (κ2) is 6.09. The number of rotatable bonds is 5. The Balaban J connectivity index is 2.14. The SMILES string of the molecule is CCOc1ccc(C(=O)Cc2ncccn2)cc1C. The van der Waals surface area contributed by atoms with Crippen molar-refractivity contribution in [3.63, 3.8) is 0 Å². The number of aryl methyl sites for hydroxylation is 1. The van der Waals surface area contributed by atoms with E-state index in [0.29, 0.717) is 18.0 Å². The number of ether oxygens (including phenoxy) is 1. The van der Waals surface area contributed by atoms with Crippen LogP contribution in [0, 0.1) is 6.92 Å². The number of hydrogen-bond donors (Lipinski definition) is 0. The summed E-state index contributed by atoms with van der Waals surface area (Å²) >= 11 is 0. The van der Waals surface area contributed by atoms with Gasteiger partial charge in [0.15, 0.2) is 5.78 Å². The molecule has 2 aromatic rings. The molecular weight excluding hydrogens is 240 g/mol. The van der Waals surface area contributed by atoms with E-state index in [2.05, 4.69) is 9.97 Å². The molecule has 0 aliphatic rings. The molecule has 0 N–H and O–H groups in total. The highest BCUT2D eigenvalue weighted by Crippen LogP contribution is 2.19. The summed E-state index contributed by atoms with van der Waals surface area (Å²) in [7, 11) is 0. The molecule has 0 aliphatic carbocycles. The summed E-state index contributed by atoms with van der Waals surface area (Å²) in [6, 6.07) is 7.19. The maximum atomic E-state index is 12.1. The first kappa shape index (κ1) is 13.2. The maximum absolute atomic E-state index is 12.1. The summed E-state index contributed by atoms with van der Waals surface area (Å²) in [6.07, 6.45) is 3.49. The summed E-state index contributed by atoms with van der Waals surface area (Å²) in [5.74, 6) is 1.37. The minimum Gasteiger partial charge on any atom is -0.494 e. The number of Topliss-reactive ketones (excluding diaryl/α,β-unsaturated/α-hetero) is 1. The lowest BCUT2D eigenvalue weighted by molar-refractivity contribution is 0.0990. The molecule has 4 heteroatoms. The molecule has 0 unspecified atom stereocenters. The van der Waals surface area contributed by atoms with E-state index in [-0.39, 0.29) is 12.2 Å². The van der Waals surface area contributed by atoms with Crippen molar-refractivity contribution in [3.8, 4) is 5.75 Å². The number of ketones is 1. The van der Waals surface area contributed by atoms with Gasteiger partial charge in [-0.1, -0.05) is 0 Å². The van der Waals surface area contributed by atoms with Gasteiger partial charge in [0.2, 0.25) is 0 Å². The highest BCUT2D eigenvalue weighted by molar-refractivity contribution is 5.97. The fraction of sp³-hybridized carbons (Fsp3) is 0.267. The maximum Gasteiger partial charge on any atom is 0.170 e. The van der Waals surface area contributed by atoms with Crippen LogP contribution in [0.5, 0.6) is 5.75 Å². The zero-order chi connectivity index (χ0) is 13.7. The average molecular weight is 256 g/mol. The molecule has 0 saturated carbocycles. The van der Waals surface area contributed by atoms with E-state index in [1.807, 2.05) is 26.0 Å². The van der Waals surface area contributed by atoms with E-state index < -0.39 is 0 Å². The van der Waals surface area contributed by atoms with E-state index in [4.69, 9.17) is 4.74 Å². The van der Waals surface area contributed by atoms with E-state index in [1.165, 1.54) is 0 Å². The fourth-order valence-corrected chi connectivity index (χ4v) is 1.81. The van der Waals surface area contributed by atoms with Crippen molar-refractivity contribution in [2.45, 2.75) is 20.3 Å². The smallest absolute Gasteiger partial charge is 0.170 e. The molecule has 1 heterocycles. The summed E-state index contributed by atoms with van der Waals surface area (Å²) in [5, 5.41) is 0. The van der Waals surface area contributed by atoms with Gasteiger partial charge in [0.05, 0.1) is 13.0 Å². The zero-order valence-corrected chi connectivity index (χ0v) is 11.1. The third kappa shape index (κ3) is 3.37. The number of aromatic nitrogens is 2. The Morgan fingerprint density at radius 1 is 1.26 bits per heavy atom. The Hall–Kier alpha value is -2.23. The van der Waals surface area contributed by atoms with Crippen molar-refractivity contribution in [1.29, 1.82) is 0 Å². The van der Waals surface area contributed by atoms with Gasteiger partial charge in [-0.15, -0.1) is 0 Å². The Kier molecular flexibility index (Phi) is 4.23. The molecule has 0 fully saturated rings. The van der Waals surface area contributed by atoms with Gasteiger partial charge in [-0.25, -0.2) is 9.97 Å². The van der Waals surface area contributed by atoms with Gasteiger partial charge in [0.25, 0.3) is 0 Å².